The topological polar surface area (TPSA) is 74.5 Å². The first kappa shape index (κ1) is 27.3. The van der Waals surface area contributed by atoms with Gasteiger partial charge >= 0.3 is 0 Å². The van der Waals surface area contributed by atoms with E-state index in [9.17, 15) is 10.2 Å². The number of rotatable bonds is 12. The summed E-state index contributed by atoms with van der Waals surface area (Å²) < 4.78 is 5.85. The Morgan fingerprint density at radius 3 is 2.68 bits per heavy atom. The molecule has 194 valence electrons. The van der Waals surface area contributed by atoms with Crippen molar-refractivity contribution in [1.82, 2.24) is 4.90 Å². The molecule has 0 aromatic heterocycles. The highest BCUT2D eigenvalue weighted by atomic mass is 35.5. The van der Waals surface area contributed by atoms with Gasteiger partial charge < -0.3 is 19.8 Å². The lowest BCUT2D eigenvalue weighted by Crippen LogP contribution is -2.51. The Balaban J connectivity index is 1.61. The first-order chi connectivity index (χ1) is 16.3. The van der Waals surface area contributed by atoms with Crippen molar-refractivity contribution >= 4 is 17.3 Å². The van der Waals surface area contributed by atoms with E-state index in [4.69, 9.17) is 21.2 Å². The summed E-state index contributed by atoms with van der Waals surface area (Å²) in [6, 6.07) is 0. The lowest BCUT2D eigenvalue weighted by molar-refractivity contribution is -0.0278. The molecular formula is C27H45ClN2O4. The van der Waals surface area contributed by atoms with Crippen molar-refractivity contribution in [3.8, 4) is 0 Å². The fourth-order valence-corrected chi connectivity index (χ4v) is 5.91. The van der Waals surface area contributed by atoms with Gasteiger partial charge in [0.1, 0.15) is 12.2 Å². The van der Waals surface area contributed by atoms with Crippen LogP contribution in [-0.4, -0.2) is 64.1 Å². The third kappa shape index (κ3) is 7.14. The summed E-state index contributed by atoms with van der Waals surface area (Å²) in [5.74, 6) is 0.399. The molecule has 2 fully saturated rings. The smallest absolute Gasteiger partial charge is 0.141 e. The summed E-state index contributed by atoms with van der Waals surface area (Å²) in [4.78, 5) is 8.36. The second kappa shape index (κ2) is 13.2. The average Bonchev–Trinajstić information content (AvgIpc) is 3.22. The van der Waals surface area contributed by atoms with Crippen LogP contribution in [0, 0.1) is 23.7 Å². The van der Waals surface area contributed by atoms with Gasteiger partial charge in [-0.05, 0) is 63.6 Å². The fraction of sp³-hybridized carbons (Fsp3) is 0.815. The summed E-state index contributed by atoms with van der Waals surface area (Å²) in [7, 11) is 0. The van der Waals surface area contributed by atoms with Crippen LogP contribution in [0.15, 0.2) is 29.3 Å². The van der Waals surface area contributed by atoms with Crippen LogP contribution in [0.3, 0.4) is 0 Å². The molecule has 0 bridgehead atoms. The number of hydrogen-bond donors (Lipinski definition) is 2. The standard InChI is InChI=1S/C27H45ClN2O4/c1-5-14-30-16-21(17-30)33-15-8-9-18(2)26(32)24-25(22-10-6-7-11-23(22)28)29-34-27(24)19(3)12-13-20(4)31/h8,13,15,18-19,21-24,26-27,31-32H,5-7,9-12,14,16-17H2,1-4H3/b15-8+,20-13+/t18-,19-,22+,23-,24-,26?,27?/m0/s1. The molecule has 2 N–H and O–H groups in total. The molecule has 1 aliphatic carbocycles. The van der Waals surface area contributed by atoms with Gasteiger partial charge in [-0.15, -0.1) is 11.6 Å². The summed E-state index contributed by atoms with van der Waals surface area (Å²) >= 11 is 6.73. The molecule has 2 heterocycles. The van der Waals surface area contributed by atoms with Gasteiger partial charge in [0.2, 0.25) is 0 Å². The van der Waals surface area contributed by atoms with Crippen molar-refractivity contribution in [2.75, 3.05) is 19.6 Å². The zero-order valence-electron chi connectivity index (χ0n) is 21.4. The van der Waals surface area contributed by atoms with E-state index >= 15 is 0 Å². The molecule has 7 atom stereocenters. The van der Waals surface area contributed by atoms with Gasteiger partial charge in [0.15, 0.2) is 0 Å². The Bertz CT molecular complexity index is 717. The van der Waals surface area contributed by atoms with Crippen LogP contribution in [-0.2, 0) is 9.57 Å². The monoisotopic (exact) mass is 496 g/mol. The summed E-state index contributed by atoms with van der Waals surface area (Å²) in [5.41, 5.74) is 0.936. The number of allylic oxidation sites excluding steroid dienone is 3. The van der Waals surface area contributed by atoms with Crippen molar-refractivity contribution < 1.29 is 19.8 Å². The molecule has 1 saturated carbocycles. The first-order valence-corrected chi connectivity index (χ1v) is 13.7. The molecule has 7 heteroatoms. The predicted octanol–water partition coefficient (Wildman–Crippen LogP) is 5.65. The fourth-order valence-electron chi connectivity index (χ4n) is 5.51. The lowest BCUT2D eigenvalue weighted by atomic mass is 9.72. The van der Waals surface area contributed by atoms with E-state index in [1.165, 1.54) is 6.42 Å². The Morgan fingerprint density at radius 1 is 1.26 bits per heavy atom. The zero-order chi connectivity index (χ0) is 24.7. The SMILES string of the molecule is CCCN1CC(O/C=C/C[C@H](C)C(O)[C@@H]2C([C@@H]3CCCC[C@@H]3Cl)=NOC2[C@@H](C)C/C=C(\C)O)C1. The van der Waals surface area contributed by atoms with E-state index < -0.39 is 6.10 Å². The molecule has 34 heavy (non-hydrogen) atoms. The summed E-state index contributed by atoms with van der Waals surface area (Å²) in [6.45, 7) is 11.2. The van der Waals surface area contributed by atoms with Crippen molar-refractivity contribution in [2.24, 2.45) is 28.8 Å². The van der Waals surface area contributed by atoms with E-state index in [0.717, 1.165) is 57.5 Å². The number of nitrogens with zero attached hydrogens (tertiary/aromatic N) is 2. The number of alkyl halides is 1. The minimum Gasteiger partial charge on any atom is -0.513 e. The Labute approximate surface area is 211 Å². The molecule has 3 aliphatic rings. The van der Waals surface area contributed by atoms with E-state index in [2.05, 4.69) is 30.8 Å². The molecule has 3 rings (SSSR count). The molecule has 0 radical (unpaired) electrons. The zero-order valence-corrected chi connectivity index (χ0v) is 22.2. The highest BCUT2D eigenvalue weighted by Crippen LogP contribution is 2.40. The van der Waals surface area contributed by atoms with Crippen LogP contribution >= 0.6 is 11.6 Å². The van der Waals surface area contributed by atoms with Crippen LogP contribution in [0.1, 0.15) is 72.6 Å². The molecule has 6 nitrogen and oxygen atoms in total. The number of hydrogen-bond acceptors (Lipinski definition) is 6. The Hall–Kier alpha value is -1.24. The average molecular weight is 497 g/mol. The number of likely N-dealkylation sites (tertiary alicyclic amines) is 1. The number of aliphatic hydroxyl groups is 2. The highest BCUT2D eigenvalue weighted by molar-refractivity contribution is 6.22. The minimum absolute atomic E-state index is 0.0249. The van der Waals surface area contributed by atoms with Gasteiger partial charge in [0.25, 0.3) is 0 Å². The van der Waals surface area contributed by atoms with Crippen molar-refractivity contribution in [3.63, 3.8) is 0 Å². The Morgan fingerprint density at radius 2 is 2.00 bits per heavy atom. The van der Waals surface area contributed by atoms with Gasteiger partial charge in [-0.1, -0.05) is 38.8 Å². The second-order valence-electron chi connectivity index (χ2n) is 10.7. The molecule has 1 saturated heterocycles. The van der Waals surface area contributed by atoms with Crippen LogP contribution < -0.4 is 0 Å². The lowest BCUT2D eigenvalue weighted by Gasteiger charge is -2.38. The van der Waals surface area contributed by atoms with Crippen LogP contribution in [0.4, 0.5) is 0 Å². The largest absolute Gasteiger partial charge is 0.513 e. The van der Waals surface area contributed by atoms with Crippen LogP contribution in [0.25, 0.3) is 0 Å². The van der Waals surface area contributed by atoms with Gasteiger partial charge in [-0.25, -0.2) is 0 Å². The molecule has 0 amide bonds. The predicted molar refractivity (Wildman–Crippen MR) is 138 cm³/mol. The molecule has 0 aromatic carbocycles. The van der Waals surface area contributed by atoms with Crippen LogP contribution in [0.2, 0.25) is 0 Å². The van der Waals surface area contributed by atoms with Gasteiger partial charge in [0, 0.05) is 30.3 Å². The number of halogens is 1. The van der Waals surface area contributed by atoms with Gasteiger partial charge in [-0.3, -0.25) is 4.90 Å². The third-order valence-corrected chi connectivity index (χ3v) is 8.19. The number of oxime groups is 1. The highest BCUT2D eigenvalue weighted by Gasteiger charge is 2.47. The first-order valence-electron chi connectivity index (χ1n) is 13.3. The molecular weight excluding hydrogens is 452 g/mol. The van der Waals surface area contributed by atoms with E-state index in [-0.39, 0.29) is 41.3 Å². The van der Waals surface area contributed by atoms with E-state index in [1.807, 2.05) is 18.4 Å². The van der Waals surface area contributed by atoms with Gasteiger partial charge in [-0.2, -0.15) is 0 Å². The normalized spacial score (nSPS) is 31.6. The van der Waals surface area contributed by atoms with E-state index in [0.29, 0.717) is 12.2 Å². The second-order valence-corrected chi connectivity index (χ2v) is 11.2. The molecule has 0 aromatic rings. The molecule has 2 aliphatic heterocycles. The summed E-state index contributed by atoms with van der Waals surface area (Å²) in [6.07, 6.45) is 11.9. The molecule has 0 spiro atoms. The van der Waals surface area contributed by atoms with E-state index in [1.54, 1.807) is 6.92 Å². The maximum atomic E-state index is 11.5. The van der Waals surface area contributed by atoms with Gasteiger partial charge in [0.05, 0.1) is 29.8 Å². The maximum absolute atomic E-state index is 11.5. The van der Waals surface area contributed by atoms with Crippen molar-refractivity contribution in [2.45, 2.75) is 96.3 Å². The molecule has 2 unspecified atom stereocenters. The number of aliphatic hydroxyl groups excluding tert-OH is 2. The summed E-state index contributed by atoms with van der Waals surface area (Å²) in [5, 5.41) is 25.7. The number of ether oxygens (including phenoxy) is 1. The van der Waals surface area contributed by atoms with Crippen molar-refractivity contribution in [1.29, 1.82) is 0 Å². The van der Waals surface area contributed by atoms with Crippen LogP contribution in [0.5, 0.6) is 0 Å². The quantitative estimate of drug-likeness (QED) is 0.269. The minimum atomic E-state index is -0.591. The Kier molecular flexibility index (Phi) is 10.6. The maximum Gasteiger partial charge on any atom is 0.141 e. The third-order valence-electron chi connectivity index (χ3n) is 7.67. The van der Waals surface area contributed by atoms with Crippen molar-refractivity contribution in [3.05, 3.63) is 24.2 Å².